The summed E-state index contributed by atoms with van der Waals surface area (Å²) >= 11 is 6.47. The first-order chi connectivity index (χ1) is 12.5. The Morgan fingerprint density at radius 1 is 1.08 bits per heavy atom. The lowest BCUT2D eigenvalue weighted by Crippen LogP contribution is -2.24. The molecule has 7 heteroatoms. The molecule has 0 spiro atoms. The number of hydrazone groups is 1. The zero-order valence-corrected chi connectivity index (χ0v) is 16.6. The van der Waals surface area contributed by atoms with Crippen molar-refractivity contribution in [1.82, 2.24) is 5.43 Å². The summed E-state index contributed by atoms with van der Waals surface area (Å²) < 4.78 is 6.55. The number of halogens is 2. The smallest absolute Gasteiger partial charge is 0.277 e. The van der Waals surface area contributed by atoms with Crippen molar-refractivity contribution in [2.45, 2.75) is 0 Å². The zero-order valence-electron chi connectivity index (χ0n) is 13.4. The molecule has 0 heterocycles. The standard InChI is InChI=1S/C19H14Br2N2O3/c20-16-7-12(8-17(21)19(16)25)10-22-23-18(24)11-26-15-6-5-13-3-1-2-4-14(13)9-15/h1-10,25H,11H2,(H,23,24)/b22-10+. The van der Waals surface area contributed by atoms with E-state index in [2.05, 4.69) is 42.4 Å². The van der Waals surface area contributed by atoms with Gasteiger partial charge in [0, 0.05) is 0 Å². The summed E-state index contributed by atoms with van der Waals surface area (Å²) in [6, 6.07) is 16.9. The number of carbonyl (C=O) groups excluding carboxylic acids is 1. The van der Waals surface area contributed by atoms with Crippen LogP contribution < -0.4 is 10.2 Å². The fraction of sp³-hybridized carbons (Fsp3) is 0.0526. The Morgan fingerprint density at radius 2 is 1.77 bits per heavy atom. The number of nitrogens with one attached hydrogen (secondary N) is 1. The fourth-order valence-electron chi connectivity index (χ4n) is 2.28. The number of fused-ring (bicyclic) bond motifs is 1. The highest BCUT2D eigenvalue weighted by atomic mass is 79.9. The van der Waals surface area contributed by atoms with Gasteiger partial charge >= 0.3 is 0 Å². The maximum Gasteiger partial charge on any atom is 0.277 e. The molecule has 0 aliphatic heterocycles. The average Bonchev–Trinajstić information content (AvgIpc) is 2.64. The molecule has 3 aromatic rings. The van der Waals surface area contributed by atoms with Gasteiger partial charge in [0.25, 0.3) is 5.91 Å². The Balaban J connectivity index is 1.55. The molecule has 2 N–H and O–H groups in total. The Hall–Kier alpha value is -2.38. The topological polar surface area (TPSA) is 70.9 Å². The van der Waals surface area contributed by atoms with E-state index in [1.165, 1.54) is 6.21 Å². The minimum atomic E-state index is -0.369. The van der Waals surface area contributed by atoms with Crippen molar-refractivity contribution < 1.29 is 14.6 Å². The lowest BCUT2D eigenvalue weighted by atomic mass is 10.1. The van der Waals surface area contributed by atoms with Gasteiger partial charge in [-0.3, -0.25) is 4.79 Å². The number of ether oxygens (including phenoxy) is 1. The third kappa shape index (κ3) is 4.62. The van der Waals surface area contributed by atoms with Crippen molar-refractivity contribution in [2.75, 3.05) is 6.61 Å². The van der Waals surface area contributed by atoms with E-state index in [1.807, 2.05) is 42.5 Å². The van der Waals surface area contributed by atoms with E-state index in [4.69, 9.17) is 4.74 Å². The maximum atomic E-state index is 11.8. The molecule has 0 aliphatic carbocycles. The maximum absolute atomic E-state index is 11.8. The molecule has 0 saturated heterocycles. The molecule has 0 saturated carbocycles. The van der Waals surface area contributed by atoms with Gasteiger partial charge in [0.2, 0.25) is 0 Å². The second-order valence-electron chi connectivity index (χ2n) is 5.42. The number of phenolic OH excluding ortho intramolecular Hbond substituents is 1. The van der Waals surface area contributed by atoms with E-state index in [0.29, 0.717) is 20.3 Å². The van der Waals surface area contributed by atoms with Crippen LogP contribution in [0.15, 0.2) is 68.6 Å². The van der Waals surface area contributed by atoms with Crippen molar-refractivity contribution in [1.29, 1.82) is 0 Å². The van der Waals surface area contributed by atoms with Crippen LogP contribution in [0.5, 0.6) is 11.5 Å². The van der Waals surface area contributed by atoms with E-state index in [9.17, 15) is 9.90 Å². The number of hydrogen-bond donors (Lipinski definition) is 2. The molecule has 5 nitrogen and oxygen atoms in total. The molecular formula is C19H14Br2N2O3. The number of rotatable bonds is 5. The van der Waals surface area contributed by atoms with Crippen molar-refractivity contribution in [3.05, 3.63) is 69.1 Å². The van der Waals surface area contributed by atoms with Crippen LogP contribution in [0.2, 0.25) is 0 Å². The molecule has 0 atom stereocenters. The predicted molar refractivity (Wildman–Crippen MR) is 109 cm³/mol. The van der Waals surface area contributed by atoms with Crippen LogP contribution in [-0.4, -0.2) is 23.8 Å². The summed E-state index contributed by atoms with van der Waals surface area (Å²) in [4.78, 5) is 11.8. The SMILES string of the molecule is O=C(COc1ccc2ccccc2c1)N/N=C/c1cc(Br)c(O)c(Br)c1. The van der Waals surface area contributed by atoms with Crippen LogP contribution in [0.25, 0.3) is 10.8 Å². The van der Waals surface area contributed by atoms with Crippen molar-refractivity contribution in [3.8, 4) is 11.5 Å². The van der Waals surface area contributed by atoms with Gasteiger partial charge < -0.3 is 9.84 Å². The molecule has 1 amide bonds. The van der Waals surface area contributed by atoms with Crippen LogP contribution in [0.3, 0.4) is 0 Å². The van der Waals surface area contributed by atoms with Gasteiger partial charge in [0.1, 0.15) is 11.5 Å². The first-order valence-corrected chi connectivity index (χ1v) is 9.23. The highest BCUT2D eigenvalue weighted by Crippen LogP contribution is 2.32. The first kappa shape index (κ1) is 18.4. The summed E-state index contributed by atoms with van der Waals surface area (Å²) in [7, 11) is 0. The molecule has 0 unspecified atom stereocenters. The van der Waals surface area contributed by atoms with Crippen LogP contribution in [0, 0.1) is 0 Å². The molecular weight excluding hydrogens is 464 g/mol. The fourth-order valence-corrected chi connectivity index (χ4v) is 3.50. The average molecular weight is 478 g/mol. The number of nitrogens with zero attached hydrogens (tertiary/aromatic N) is 1. The van der Waals surface area contributed by atoms with Gasteiger partial charge in [0.15, 0.2) is 6.61 Å². The predicted octanol–water partition coefficient (Wildman–Crippen LogP) is 4.60. The van der Waals surface area contributed by atoms with E-state index < -0.39 is 0 Å². The lowest BCUT2D eigenvalue weighted by molar-refractivity contribution is -0.123. The minimum Gasteiger partial charge on any atom is -0.506 e. The second kappa shape index (κ2) is 8.33. The first-order valence-electron chi connectivity index (χ1n) is 7.64. The monoisotopic (exact) mass is 476 g/mol. The van der Waals surface area contributed by atoms with Crippen molar-refractivity contribution >= 4 is 54.8 Å². The molecule has 0 aliphatic rings. The third-order valence-electron chi connectivity index (χ3n) is 3.53. The number of hydrogen-bond acceptors (Lipinski definition) is 4. The van der Waals surface area contributed by atoms with Crippen LogP contribution in [0.4, 0.5) is 0 Å². The quantitative estimate of drug-likeness (QED) is 0.416. The van der Waals surface area contributed by atoms with E-state index in [1.54, 1.807) is 12.1 Å². The lowest BCUT2D eigenvalue weighted by Gasteiger charge is -2.06. The normalized spacial score (nSPS) is 11.0. The Morgan fingerprint density at radius 3 is 2.50 bits per heavy atom. The second-order valence-corrected chi connectivity index (χ2v) is 7.13. The molecule has 0 aromatic heterocycles. The number of carbonyl (C=O) groups is 1. The minimum absolute atomic E-state index is 0.106. The summed E-state index contributed by atoms with van der Waals surface area (Å²) in [5.41, 5.74) is 3.11. The van der Waals surface area contributed by atoms with Gasteiger partial charge in [-0.15, -0.1) is 0 Å². The summed E-state index contributed by atoms with van der Waals surface area (Å²) in [6.45, 7) is -0.140. The Bertz CT molecular complexity index is 966. The number of benzene rings is 3. The molecule has 0 fully saturated rings. The molecule has 0 bridgehead atoms. The molecule has 0 radical (unpaired) electrons. The van der Waals surface area contributed by atoms with Crippen LogP contribution >= 0.6 is 31.9 Å². The summed E-state index contributed by atoms with van der Waals surface area (Å²) in [5.74, 6) is 0.357. The molecule has 26 heavy (non-hydrogen) atoms. The van der Waals surface area contributed by atoms with Gasteiger partial charge in [-0.1, -0.05) is 30.3 Å². The van der Waals surface area contributed by atoms with Gasteiger partial charge in [0.05, 0.1) is 15.2 Å². The Kier molecular flexibility index (Phi) is 5.90. The molecule has 3 aromatic carbocycles. The summed E-state index contributed by atoms with van der Waals surface area (Å²) in [6.07, 6.45) is 1.48. The van der Waals surface area contributed by atoms with Gasteiger partial charge in [-0.25, -0.2) is 5.43 Å². The van der Waals surface area contributed by atoms with Crippen molar-refractivity contribution in [3.63, 3.8) is 0 Å². The highest BCUT2D eigenvalue weighted by molar-refractivity contribution is 9.11. The van der Waals surface area contributed by atoms with E-state index in [-0.39, 0.29) is 18.3 Å². The molecule has 132 valence electrons. The van der Waals surface area contributed by atoms with Gasteiger partial charge in [-0.2, -0.15) is 5.10 Å². The van der Waals surface area contributed by atoms with E-state index >= 15 is 0 Å². The van der Waals surface area contributed by atoms with Crippen molar-refractivity contribution in [2.24, 2.45) is 5.10 Å². The summed E-state index contributed by atoms with van der Waals surface area (Å²) in [5, 5.41) is 15.7. The van der Waals surface area contributed by atoms with Crippen LogP contribution in [0.1, 0.15) is 5.56 Å². The zero-order chi connectivity index (χ0) is 18.5. The number of phenols is 1. The van der Waals surface area contributed by atoms with Gasteiger partial charge in [-0.05, 0) is 72.5 Å². The van der Waals surface area contributed by atoms with E-state index in [0.717, 1.165) is 10.8 Å². The third-order valence-corrected chi connectivity index (χ3v) is 4.74. The highest BCUT2D eigenvalue weighted by Gasteiger charge is 2.05. The number of amides is 1. The van der Waals surface area contributed by atoms with Crippen LogP contribution in [-0.2, 0) is 4.79 Å². The molecule has 3 rings (SSSR count). The number of aromatic hydroxyl groups is 1. The largest absolute Gasteiger partial charge is 0.506 e. The Labute approximate surface area is 166 Å².